The molecule has 2 N–H and O–H groups in total. The van der Waals surface area contributed by atoms with Crippen molar-refractivity contribution in [1.29, 1.82) is 0 Å². The molecule has 0 saturated carbocycles. The minimum Gasteiger partial charge on any atom is -0.346 e. The molecule has 1 spiro atoms. The van der Waals surface area contributed by atoms with Gasteiger partial charge in [0, 0.05) is 11.1 Å². The summed E-state index contributed by atoms with van der Waals surface area (Å²) >= 11 is 0. The largest absolute Gasteiger partial charge is 0.346 e. The number of fused-ring (bicyclic) bond motifs is 1. The van der Waals surface area contributed by atoms with E-state index in [1.165, 1.54) is 5.56 Å². The minimum atomic E-state index is 0.0106. The normalized spacial score (nSPS) is 22.6. The molecule has 1 saturated heterocycles. The first-order chi connectivity index (χ1) is 7.79. The zero-order valence-electron chi connectivity index (χ0n) is 9.25. The fraction of sp³-hybridized carbons (Fsp3) is 0.462. The fourth-order valence-electron chi connectivity index (χ4n) is 2.82. The van der Waals surface area contributed by atoms with Crippen molar-refractivity contribution in [2.75, 3.05) is 13.1 Å². The molecule has 1 fully saturated rings. The first kappa shape index (κ1) is 9.85. The summed E-state index contributed by atoms with van der Waals surface area (Å²) in [5, 5.41) is 6.55. The lowest BCUT2D eigenvalue weighted by molar-refractivity contribution is 0.0851. The molecule has 16 heavy (non-hydrogen) atoms. The molecule has 1 aromatic carbocycles. The lowest BCUT2D eigenvalue weighted by Crippen LogP contribution is -2.58. The van der Waals surface area contributed by atoms with Crippen LogP contribution in [0.25, 0.3) is 0 Å². The average molecular weight is 216 g/mol. The van der Waals surface area contributed by atoms with E-state index < -0.39 is 0 Å². The van der Waals surface area contributed by atoms with Crippen LogP contribution in [-0.2, 0) is 6.42 Å². The number of nitrogens with one attached hydrogen (secondary N) is 2. The summed E-state index contributed by atoms with van der Waals surface area (Å²) in [5.41, 5.74) is 2.07. The van der Waals surface area contributed by atoms with Gasteiger partial charge in [0.25, 0.3) is 5.91 Å². The summed E-state index contributed by atoms with van der Waals surface area (Å²) in [4.78, 5) is 12.0. The van der Waals surface area contributed by atoms with Crippen molar-refractivity contribution in [2.24, 2.45) is 0 Å². The van der Waals surface area contributed by atoms with Gasteiger partial charge in [0.1, 0.15) is 0 Å². The maximum absolute atomic E-state index is 12.0. The Morgan fingerprint density at radius 2 is 1.88 bits per heavy atom. The molecule has 0 unspecified atom stereocenters. The molecule has 1 aromatic rings. The second kappa shape index (κ2) is 3.59. The highest BCUT2D eigenvalue weighted by Crippen LogP contribution is 2.29. The molecule has 2 aliphatic rings. The van der Waals surface area contributed by atoms with Gasteiger partial charge >= 0.3 is 0 Å². The van der Waals surface area contributed by atoms with E-state index in [2.05, 4.69) is 16.7 Å². The fourth-order valence-corrected chi connectivity index (χ4v) is 2.82. The van der Waals surface area contributed by atoms with E-state index in [1.807, 2.05) is 18.2 Å². The van der Waals surface area contributed by atoms with E-state index in [4.69, 9.17) is 0 Å². The van der Waals surface area contributed by atoms with Crippen LogP contribution in [-0.4, -0.2) is 24.5 Å². The lowest BCUT2D eigenvalue weighted by atomic mass is 9.78. The van der Waals surface area contributed by atoms with Gasteiger partial charge in [-0.2, -0.15) is 0 Å². The quantitative estimate of drug-likeness (QED) is 0.681. The van der Waals surface area contributed by atoms with Crippen LogP contribution in [0.15, 0.2) is 24.3 Å². The van der Waals surface area contributed by atoms with Gasteiger partial charge < -0.3 is 10.6 Å². The van der Waals surface area contributed by atoms with E-state index in [0.29, 0.717) is 0 Å². The predicted octanol–water partition coefficient (Wildman–Crippen LogP) is 1.09. The van der Waals surface area contributed by atoms with Gasteiger partial charge in [-0.3, -0.25) is 4.79 Å². The van der Waals surface area contributed by atoms with Gasteiger partial charge in [-0.25, -0.2) is 0 Å². The van der Waals surface area contributed by atoms with Crippen LogP contribution in [0, 0.1) is 0 Å². The van der Waals surface area contributed by atoms with Gasteiger partial charge in [0.15, 0.2) is 0 Å². The summed E-state index contributed by atoms with van der Waals surface area (Å²) in [7, 11) is 0. The number of carbonyl (C=O) groups excluding carboxylic acids is 1. The summed E-state index contributed by atoms with van der Waals surface area (Å²) < 4.78 is 0. The SMILES string of the molecule is O=C1NC2(CCNCC2)Cc2ccccc21. The molecule has 2 heterocycles. The third-order valence-corrected chi connectivity index (χ3v) is 3.73. The van der Waals surface area contributed by atoms with E-state index >= 15 is 0 Å². The van der Waals surface area contributed by atoms with Crippen molar-refractivity contribution < 1.29 is 4.79 Å². The molecule has 2 aliphatic heterocycles. The third-order valence-electron chi connectivity index (χ3n) is 3.73. The monoisotopic (exact) mass is 216 g/mol. The molecule has 0 radical (unpaired) electrons. The van der Waals surface area contributed by atoms with Crippen molar-refractivity contribution in [1.82, 2.24) is 10.6 Å². The number of rotatable bonds is 0. The molecule has 0 atom stereocenters. The molecule has 84 valence electrons. The van der Waals surface area contributed by atoms with Crippen molar-refractivity contribution in [3.05, 3.63) is 35.4 Å². The smallest absolute Gasteiger partial charge is 0.252 e. The maximum Gasteiger partial charge on any atom is 0.252 e. The van der Waals surface area contributed by atoms with Crippen LogP contribution in [0.3, 0.4) is 0 Å². The van der Waals surface area contributed by atoms with E-state index in [9.17, 15) is 4.79 Å². The van der Waals surface area contributed by atoms with Gasteiger partial charge in [-0.05, 0) is 44.0 Å². The Morgan fingerprint density at radius 1 is 1.12 bits per heavy atom. The van der Waals surface area contributed by atoms with Crippen molar-refractivity contribution >= 4 is 5.91 Å². The van der Waals surface area contributed by atoms with Crippen LogP contribution in [0.4, 0.5) is 0 Å². The Morgan fingerprint density at radius 3 is 2.69 bits per heavy atom. The summed E-state index contributed by atoms with van der Waals surface area (Å²) in [5.74, 6) is 0.101. The number of hydrogen-bond acceptors (Lipinski definition) is 2. The Balaban J connectivity index is 1.96. The second-order valence-corrected chi connectivity index (χ2v) is 4.82. The molecule has 3 heteroatoms. The summed E-state index contributed by atoms with van der Waals surface area (Å²) in [6.45, 7) is 2.00. The Labute approximate surface area is 95.2 Å². The third kappa shape index (κ3) is 1.52. The van der Waals surface area contributed by atoms with Gasteiger partial charge in [-0.15, -0.1) is 0 Å². The summed E-state index contributed by atoms with van der Waals surface area (Å²) in [6.07, 6.45) is 3.05. The molecule has 0 bridgehead atoms. The molecule has 3 nitrogen and oxygen atoms in total. The van der Waals surface area contributed by atoms with Crippen LogP contribution in [0.2, 0.25) is 0 Å². The Hall–Kier alpha value is -1.35. The van der Waals surface area contributed by atoms with Crippen LogP contribution >= 0.6 is 0 Å². The standard InChI is InChI=1S/C13H16N2O/c16-12-11-4-2-1-3-10(11)9-13(15-12)5-7-14-8-6-13/h1-4,14H,5-9H2,(H,15,16). The Bertz CT molecular complexity index is 422. The van der Waals surface area contributed by atoms with Gasteiger partial charge in [0.05, 0.1) is 0 Å². The average Bonchev–Trinajstić information content (AvgIpc) is 2.30. The first-order valence-corrected chi connectivity index (χ1v) is 5.90. The lowest BCUT2D eigenvalue weighted by Gasteiger charge is -2.41. The van der Waals surface area contributed by atoms with Crippen molar-refractivity contribution in [3.8, 4) is 0 Å². The number of hydrogen-bond donors (Lipinski definition) is 2. The Kier molecular flexibility index (Phi) is 2.21. The zero-order valence-corrected chi connectivity index (χ0v) is 9.25. The highest BCUT2D eigenvalue weighted by Gasteiger charge is 2.38. The molecule has 3 rings (SSSR count). The summed E-state index contributed by atoms with van der Waals surface area (Å²) in [6, 6.07) is 7.95. The van der Waals surface area contributed by atoms with E-state index in [0.717, 1.165) is 37.9 Å². The van der Waals surface area contributed by atoms with E-state index in [-0.39, 0.29) is 11.4 Å². The topological polar surface area (TPSA) is 41.1 Å². The first-order valence-electron chi connectivity index (χ1n) is 5.90. The van der Waals surface area contributed by atoms with Gasteiger partial charge in [-0.1, -0.05) is 18.2 Å². The van der Waals surface area contributed by atoms with Crippen LogP contribution in [0.5, 0.6) is 0 Å². The van der Waals surface area contributed by atoms with Gasteiger partial charge in [0.2, 0.25) is 0 Å². The highest BCUT2D eigenvalue weighted by molar-refractivity contribution is 5.97. The number of benzene rings is 1. The van der Waals surface area contributed by atoms with Crippen LogP contribution in [0.1, 0.15) is 28.8 Å². The molecular weight excluding hydrogens is 200 g/mol. The molecule has 0 aliphatic carbocycles. The molecule has 0 aromatic heterocycles. The van der Waals surface area contributed by atoms with Crippen LogP contribution < -0.4 is 10.6 Å². The zero-order chi connectivity index (χ0) is 11.0. The van der Waals surface area contributed by atoms with Crippen molar-refractivity contribution in [3.63, 3.8) is 0 Å². The van der Waals surface area contributed by atoms with Crippen molar-refractivity contribution in [2.45, 2.75) is 24.8 Å². The van der Waals surface area contributed by atoms with E-state index in [1.54, 1.807) is 0 Å². The minimum absolute atomic E-state index is 0.0106. The number of amides is 1. The molecular formula is C13H16N2O. The maximum atomic E-state index is 12.0. The highest BCUT2D eigenvalue weighted by atomic mass is 16.1. The molecule has 1 amide bonds. The number of piperidine rings is 1. The number of carbonyl (C=O) groups is 1. The predicted molar refractivity (Wildman–Crippen MR) is 62.4 cm³/mol. The second-order valence-electron chi connectivity index (χ2n) is 4.82.